The van der Waals surface area contributed by atoms with Gasteiger partial charge < -0.3 is 15.2 Å². The monoisotopic (exact) mass is 329 g/mol. The minimum atomic E-state index is -0.240. The lowest BCUT2D eigenvalue weighted by Gasteiger charge is -2.25. The summed E-state index contributed by atoms with van der Waals surface area (Å²) in [5, 5.41) is 14.1. The number of ether oxygens (including phenoxy) is 1. The molecule has 3 atom stereocenters. The Bertz CT molecular complexity index is 270. The summed E-state index contributed by atoms with van der Waals surface area (Å²) in [7, 11) is 0. The van der Waals surface area contributed by atoms with E-state index in [2.05, 4.69) is 18.8 Å². The molecule has 1 rings (SSSR count). The molecular formula is C18H35NO2S. The van der Waals surface area contributed by atoms with E-state index in [0.717, 1.165) is 38.3 Å². The van der Waals surface area contributed by atoms with Crippen LogP contribution in [-0.2, 0) is 4.74 Å². The first kappa shape index (κ1) is 20.0. The Balaban J connectivity index is 1.93. The molecule has 0 spiro atoms. The molecule has 0 aromatic rings. The molecule has 1 aliphatic heterocycles. The maximum atomic E-state index is 10.1. The Morgan fingerprint density at radius 3 is 2.82 bits per heavy atom. The number of aliphatic hydroxyl groups excluding tert-OH is 1. The molecule has 130 valence electrons. The van der Waals surface area contributed by atoms with Crippen molar-refractivity contribution in [3.63, 3.8) is 0 Å². The highest BCUT2D eigenvalue weighted by Gasteiger charge is 2.18. The van der Waals surface area contributed by atoms with Gasteiger partial charge in [-0.2, -0.15) is 11.8 Å². The molecule has 2 N–H and O–H groups in total. The van der Waals surface area contributed by atoms with Gasteiger partial charge in [-0.05, 0) is 19.3 Å². The molecule has 0 radical (unpaired) electrons. The Hall–Kier alpha value is -0.0300. The molecule has 1 saturated heterocycles. The van der Waals surface area contributed by atoms with Crippen LogP contribution in [0.15, 0.2) is 12.7 Å². The summed E-state index contributed by atoms with van der Waals surface area (Å²) in [4.78, 5) is 0. The molecule has 0 amide bonds. The molecule has 0 bridgehead atoms. The Kier molecular flexibility index (Phi) is 12.2. The Labute approximate surface area is 141 Å². The molecule has 22 heavy (non-hydrogen) atoms. The van der Waals surface area contributed by atoms with Gasteiger partial charge in [-0.15, -0.1) is 6.58 Å². The maximum absolute atomic E-state index is 10.1. The van der Waals surface area contributed by atoms with Gasteiger partial charge in [0.2, 0.25) is 0 Å². The lowest BCUT2D eigenvalue weighted by atomic mass is 10.1. The molecule has 0 aromatic carbocycles. The Morgan fingerprint density at radius 1 is 1.32 bits per heavy atom. The van der Waals surface area contributed by atoms with Gasteiger partial charge in [0.15, 0.2) is 0 Å². The fourth-order valence-corrected chi connectivity index (χ4v) is 3.77. The van der Waals surface area contributed by atoms with Gasteiger partial charge in [-0.1, -0.05) is 38.7 Å². The third kappa shape index (κ3) is 10.7. The van der Waals surface area contributed by atoms with Gasteiger partial charge in [0.05, 0.1) is 18.8 Å². The highest BCUT2D eigenvalue weighted by Crippen LogP contribution is 2.20. The average molecular weight is 330 g/mol. The van der Waals surface area contributed by atoms with E-state index in [4.69, 9.17) is 4.74 Å². The van der Waals surface area contributed by atoms with Crippen LogP contribution in [0.1, 0.15) is 58.3 Å². The number of hydrogen-bond acceptors (Lipinski definition) is 4. The van der Waals surface area contributed by atoms with Gasteiger partial charge in [0.25, 0.3) is 0 Å². The van der Waals surface area contributed by atoms with Crippen LogP contribution in [0.5, 0.6) is 0 Å². The van der Waals surface area contributed by atoms with Crippen molar-refractivity contribution in [3.05, 3.63) is 12.7 Å². The van der Waals surface area contributed by atoms with Crippen molar-refractivity contribution in [2.45, 2.75) is 75.7 Å². The smallest absolute Gasteiger partial charge is 0.0725 e. The second-order valence-electron chi connectivity index (χ2n) is 6.36. The van der Waals surface area contributed by atoms with Crippen LogP contribution in [0.25, 0.3) is 0 Å². The molecule has 4 heteroatoms. The van der Waals surface area contributed by atoms with Gasteiger partial charge in [-0.25, -0.2) is 0 Å². The normalized spacial score (nSPS) is 21.5. The molecule has 3 nitrogen and oxygen atoms in total. The average Bonchev–Trinajstić information content (AvgIpc) is 2.53. The number of morpholine rings is 1. The summed E-state index contributed by atoms with van der Waals surface area (Å²) in [5.74, 6) is 0.834. The maximum Gasteiger partial charge on any atom is 0.0725 e. The molecule has 0 aliphatic carbocycles. The summed E-state index contributed by atoms with van der Waals surface area (Å²) in [6.07, 6.45) is 11.8. The highest BCUT2D eigenvalue weighted by molar-refractivity contribution is 7.99. The van der Waals surface area contributed by atoms with Crippen molar-refractivity contribution >= 4 is 11.8 Å². The van der Waals surface area contributed by atoms with E-state index in [1.165, 1.54) is 38.5 Å². The van der Waals surface area contributed by atoms with Crippen LogP contribution in [0.3, 0.4) is 0 Å². The number of allylic oxidation sites excluding steroid dienone is 1. The molecular weight excluding hydrogens is 294 g/mol. The van der Waals surface area contributed by atoms with Gasteiger partial charge in [-0.3, -0.25) is 0 Å². The zero-order valence-corrected chi connectivity index (χ0v) is 15.1. The molecule has 0 saturated carbocycles. The van der Waals surface area contributed by atoms with Crippen LogP contribution in [0.4, 0.5) is 0 Å². The third-order valence-electron chi connectivity index (χ3n) is 4.13. The van der Waals surface area contributed by atoms with E-state index in [1.54, 1.807) is 0 Å². The minimum absolute atomic E-state index is 0.190. The third-order valence-corrected chi connectivity index (χ3v) is 5.51. The topological polar surface area (TPSA) is 41.5 Å². The largest absolute Gasteiger partial charge is 0.392 e. The van der Waals surface area contributed by atoms with Crippen molar-refractivity contribution < 1.29 is 9.84 Å². The summed E-state index contributed by atoms with van der Waals surface area (Å²) in [6, 6.07) is 0. The zero-order valence-electron chi connectivity index (χ0n) is 14.3. The number of aliphatic hydroxyl groups is 1. The van der Waals surface area contributed by atoms with Crippen molar-refractivity contribution in [2.75, 3.05) is 25.4 Å². The summed E-state index contributed by atoms with van der Waals surface area (Å²) >= 11 is 1.91. The van der Waals surface area contributed by atoms with Crippen molar-refractivity contribution in [1.29, 1.82) is 0 Å². The first-order chi connectivity index (χ1) is 10.7. The first-order valence-electron chi connectivity index (χ1n) is 8.95. The number of unbranched alkanes of at least 4 members (excludes halogenated alkanes) is 5. The standard InChI is InChI=1S/C18H35NO2S/c1-3-4-5-6-7-8-9-10-16(2)22-15-17(20)13-18-14-19-11-12-21-18/h3,16-20H,1,4-15H2,2H3. The minimum Gasteiger partial charge on any atom is -0.392 e. The summed E-state index contributed by atoms with van der Waals surface area (Å²) in [6.45, 7) is 8.63. The Morgan fingerprint density at radius 2 is 2.09 bits per heavy atom. The van der Waals surface area contributed by atoms with Crippen molar-refractivity contribution in [1.82, 2.24) is 5.32 Å². The zero-order chi connectivity index (χ0) is 16.0. The predicted octanol–water partition coefficient (Wildman–Crippen LogP) is 3.76. The SMILES string of the molecule is C=CCCCCCCCC(C)SCC(O)CC1CNCCO1. The van der Waals surface area contributed by atoms with E-state index in [1.807, 2.05) is 17.8 Å². The van der Waals surface area contributed by atoms with Crippen molar-refractivity contribution in [2.24, 2.45) is 0 Å². The van der Waals surface area contributed by atoms with Crippen LogP contribution < -0.4 is 5.32 Å². The first-order valence-corrected chi connectivity index (χ1v) is 10.00. The fraction of sp³-hybridized carbons (Fsp3) is 0.889. The van der Waals surface area contributed by atoms with Gasteiger partial charge >= 0.3 is 0 Å². The molecule has 1 aliphatic rings. The van der Waals surface area contributed by atoms with E-state index >= 15 is 0 Å². The van der Waals surface area contributed by atoms with Gasteiger partial charge in [0.1, 0.15) is 0 Å². The number of thioether (sulfide) groups is 1. The summed E-state index contributed by atoms with van der Waals surface area (Å²) < 4.78 is 5.64. The molecule has 0 aromatic heterocycles. The second kappa shape index (κ2) is 13.4. The molecule has 1 fully saturated rings. The second-order valence-corrected chi connectivity index (χ2v) is 7.84. The number of rotatable bonds is 13. The van der Waals surface area contributed by atoms with E-state index in [9.17, 15) is 5.11 Å². The highest BCUT2D eigenvalue weighted by atomic mass is 32.2. The van der Waals surface area contributed by atoms with Crippen LogP contribution >= 0.6 is 11.8 Å². The van der Waals surface area contributed by atoms with E-state index < -0.39 is 0 Å². The van der Waals surface area contributed by atoms with Crippen LogP contribution in [-0.4, -0.2) is 48.0 Å². The van der Waals surface area contributed by atoms with Crippen LogP contribution in [0, 0.1) is 0 Å². The molecule has 1 heterocycles. The fourth-order valence-electron chi connectivity index (χ4n) is 2.75. The quantitative estimate of drug-likeness (QED) is 0.399. The van der Waals surface area contributed by atoms with Crippen molar-refractivity contribution in [3.8, 4) is 0 Å². The number of nitrogens with one attached hydrogen (secondary N) is 1. The van der Waals surface area contributed by atoms with E-state index in [-0.39, 0.29) is 12.2 Å². The van der Waals surface area contributed by atoms with Gasteiger partial charge in [0, 0.05) is 30.5 Å². The van der Waals surface area contributed by atoms with E-state index in [0.29, 0.717) is 5.25 Å². The molecule has 3 unspecified atom stereocenters. The lowest BCUT2D eigenvalue weighted by molar-refractivity contribution is -0.0000613. The lowest BCUT2D eigenvalue weighted by Crippen LogP contribution is -2.40. The predicted molar refractivity (Wildman–Crippen MR) is 97.7 cm³/mol. The van der Waals surface area contributed by atoms with Crippen LogP contribution in [0.2, 0.25) is 0 Å². The summed E-state index contributed by atoms with van der Waals surface area (Å²) in [5.41, 5.74) is 0. The number of hydrogen-bond donors (Lipinski definition) is 2.